The van der Waals surface area contributed by atoms with E-state index < -0.39 is 10.0 Å². The Labute approximate surface area is 199 Å². The Balaban J connectivity index is 1.66. The summed E-state index contributed by atoms with van der Waals surface area (Å²) in [4.78, 5) is 12.3. The molecule has 6 nitrogen and oxygen atoms in total. The van der Waals surface area contributed by atoms with Crippen LogP contribution in [0.3, 0.4) is 0 Å². The predicted molar refractivity (Wildman–Crippen MR) is 127 cm³/mol. The Morgan fingerprint density at radius 2 is 1.42 bits per heavy atom. The second-order valence-electron chi connectivity index (χ2n) is 6.46. The summed E-state index contributed by atoms with van der Waals surface area (Å²) in [6.07, 6.45) is 0.0550. The fraction of sp³-hybridized carbons (Fsp3) is 0.0500. The SMILES string of the molecule is Nc1c(Cl)cc(NC(=O)Cc2ccc(NS(=O)(=O)c3ccc(Cl)c(Cl)c3)cc2)cc1Cl. The number of rotatable bonds is 6. The van der Waals surface area contributed by atoms with E-state index in [1.165, 1.54) is 30.3 Å². The Kier molecular flexibility index (Phi) is 7.24. The number of sulfonamides is 1. The zero-order valence-corrected chi connectivity index (χ0v) is 19.5. The minimum Gasteiger partial charge on any atom is -0.396 e. The summed E-state index contributed by atoms with van der Waals surface area (Å²) < 4.78 is 27.5. The molecule has 0 aromatic heterocycles. The van der Waals surface area contributed by atoms with Gasteiger partial charge in [0.1, 0.15) is 0 Å². The van der Waals surface area contributed by atoms with Gasteiger partial charge in [-0.2, -0.15) is 0 Å². The van der Waals surface area contributed by atoms with Crippen LogP contribution in [-0.4, -0.2) is 14.3 Å². The Hall–Kier alpha value is -2.16. The van der Waals surface area contributed by atoms with Crippen LogP contribution in [0.2, 0.25) is 20.1 Å². The normalized spacial score (nSPS) is 11.2. The van der Waals surface area contributed by atoms with Crippen molar-refractivity contribution in [3.05, 3.63) is 80.3 Å². The maximum atomic E-state index is 12.5. The molecule has 0 aliphatic carbocycles. The molecule has 0 spiro atoms. The van der Waals surface area contributed by atoms with E-state index in [4.69, 9.17) is 52.1 Å². The number of benzene rings is 3. The lowest BCUT2D eigenvalue weighted by atomic mass is 10.1. The molecule has 0 aliphatic heterocycles. The standard InChI is InChI=1S/C20H15Cl4N3O3S/c21-15-6-5-14(10-16(15)22)31(29,30)27-12-3-1-11(2-4-12)7-19(28)26-13-8-17(23)20(25)18(24)9-13/h1-6,8-10,27H,7,25H2,(H,26,28). The Morgan fingerprint density at radius 1 is 0.806 bits per heavy atom. The van der Waals surface area contributed by atoms with Gasteiger partial charge in [0.15, 0.2) is 0 Å². The number of anilines is 3. The lowest BCUT2D eigenvalue weighted by molar-refractivity contribution is -0.115. The van der Waals surface area contributed by atoms with Gasteiger partial charge in [-0.05, 0) is 48.0 Å². The minimum atomic E-state index is -3.85. The number of amides is 1. The van der Waals surface area contributed by atoms with E-state index in [2.05, 4.69) is 10.0 Å². The third-order valence-electron chi connectivity index (χ3n) is 4.14. The van der Waals surface area contributed by atoms with Crippen molar-refractivity contribution < 1.29 is 13.2 Å². The Morgan fingerprint density at radius 3 is 2.00 bits per heavy atom. The average molecular weight is 519 g/mol. The van der Waals surface area contributed by atoms with E-state index in [0.717, 1.165) is 0 Å². The quantitative estimate of drug-likeness (QED) is 0.355. The molecule has 0 atom stereocenters. The largest absolute Gasteiger partial charge is 0.396 e. The Bertz CT molecular complexity index is 1230. The maximum absolute atomic E-state index is 12.5. The van der Waals surface area contributed by atoms with Crippen molar-refractivity contribution in [3.63, 3.8) is 0 Å². The molecule has 0 fully saturated rings. The van der Waals surface area contributed by atoms with Crippen molar-refractivity contribution >= 4 is 79.4 Å². The molecule has 3 aromatic rings. The molecule has 0 heterocycles. The van der Waals surface area contributed by atoms with Crippen LogP contribution < -0.4 is 15.8 Å². The topological polar surface area (TPSA) is 101 Å². The molecular formula is C20H15Cl4N3O3S. The van der Waals surface area contributed by atoms with Crippen LogP contribution in [-0.2, 0) is 21.2 Å². The van der Waals surface area contributed by atoms with Gasteiger partial charge in [-0.3, -0.25) is 9.52 Å². The van der Waals surface area contributed by atoms with Gasteiger partial charge >= 0.3 is 0 Å². The highest BCUT2D eigenvalue weighted by Gasteiger charge is 2.16. The molecule has 162 valence electrons. The fourth-order valence-corrected chi connectivity index (χ4v) is 4.53. The number of carbonyl (C=O) groups excluding carboxylic acids is 1. The van der Waals surface area contributed by atoms with Crippen LogP contribution in [0.1, 0.15) is 5.56 Å². The molecule has 0 saturated heterocycles. The molecule has 3 aromatic carbocycles. The number of nitrogens with two attached hydrogens (primary N) is 1. The molecule has 11 heteroatoms. The molecule has 3 rings (SSSR count). The smallest absolute Gasteiger partial charge is 0.261 e. The van der Waals surface area contributed by atoms with Crippen molar-refractivity contribution in [2.75, 3.05) is 15.8 Å². The minimum absolute atomic E-state index is 0.0221. The zero-order chi connectivity index (χ0) is 22.8. The first kappa shape index (κ1) is 23.5. The lowest BCUT2D eigenvalue weighted by Gasteiger charge is -2.10. The summed E-state index contributed by atoms with van der Waals surface area (Å²) in [6, 6.07) is 13.4. The first-order chi connectivity index (χ1) is 14.5. The van der Waals surface area contributed by atoms with Gasteiger partial charge in [-0.15, -0.1) is 0 Å². The van der Waals surface area contributed by atoms with Crippen LogP contribution in [0, 0.1) is 0 Å². The number of hydrogen-bond acceptors (Lipinski definition) is 4. The summed E-state index contributed by atoms with van der Waals surface area (Å²) in [5.41, 5.74) is 7.32. The third-order valence-corrected chi connectivity index (χ3v) is 6.88. The van der Waals surface area contributed by atoms with Gasteiger partial charge in [-0.1, -0.05) is 58.5 Å². The molecule has 0 bridgehead atoms. The molecule has 31 heavy (non-hydrogen) atoms. The highest BCUT2D eigenvalue weighted by atomic mass is 35.5. The zero-order valence-electron chi connectivity index (χ0n) is 15.6. The van der Waals surface area contributed by atoms with Crippen LogP contribution >= 0.6 is 46.4 Å². The van der Waals surface area contributed by atoms with Crippen molar-refractivity contribution in [2.24, 2.45) is 0 Å². The predicted octanol–water partition coefficient (Wildman–Crippen LogP) is 5.86. The second kappa shape index (κ2) is 9.54. The molecule has 0 unspecified atom stereocenters. The number of carbonyl (C=O) groups is 1. The van der Waals surface area contributed by atoms with Crippen molar-refractivity contribution in [1.29, 1.82) is 0 Å². The van der Waals surface area contributed by atoms with Crippen molar-refractivity contribution in [2.45, 2.75) is 11.3 Å². The second-order valence-corrected chi connectivity index (χ2v) is 9.77. The number of nitrogens with one attached hydrogen (secondary N) is 2. The number of halogens is 4. The number of hydrogen-bond donors (Lipinski definition) is 3. The molecule has 4 N–H and O–H groups in total. The monoisotopic (exact) mass is 517 g/mol. The summed E-state index contributed by atoms with van der Waals surface area (Å²) in [5.74, 6) is -0.305. The van der Waals surface area contributed by atoms with E-state index in [1.807, 2.05) is 0 Å². The highest BCUT2D eigenvalue weighted by molar-refractivity contribution is 7.92. The van der Waals surface area contributed by atoms with Gasteiger partial charge in [0, 0.05) is 11.4 Å². The summed E-state index contributed by atoms with van der Waals surface area (Å²) in [6.45, 7) is 0. The first-order valence-corrected chi connectivity index (χ1v) is 11.7. The molecule has 0 aliphatic rings. The average Bonchev–Trinajstić information content (AvgIpc) is 2.69. The summed E-state index contributed by atoms with van der Waals surface area (Å²) in [5, 5.41) is 3.55. The van der Waals surface area contributed by atoms with E-state index in [9.17, 15) is 13.2 Å². The molecule has 0 radical (unpaired) electrons. The first-order valence-electron chi connectivity index (χ1n) is 8.66. The van der Waals surface area contributed by atoms with E-state index in [1.54, 1.807) is 24.3 Å². The van der Waals surface area contributed by atoms with E-state index in [0.29, 0.717) is 16.9 Å². The highest BCUT2D eigenvalue weighted by Crippen LogP contribution is 2.31. The molecule has 0 saturated carbocycles. The van der Waals surface area contributed by atoms with Crippen molar-refractivity contribution in [3.8, 4) is 0 Å². The van der Waals surface area contributed by atoms with Gasteiger partial charge in [-0.25, -0.2) is 8.42 Å². The van der Waals surface area contributed by atoms with Gasteiger partial charge in [0.05, 0.1) is 37.1 Å². The summed E-state index contributed by atoms with van der Waals surface area (Å²) >= 11 is 23.6. The third kappa shape index (κ3) is 5.96. The van der Waals surface area contributed by atoms with Gasteiger partial charge in [0.25, 0.3) is 10.0 Å². The van der Waals surface area contributed by atoms with Crippen molar-refractivity contribution in [1.82, 2.24) is 0 Å². The van der Waals surface area contributed by atoms with Crippen LogP contribution in [0.4, 0.5) is 17.1 Å². The maximum Gasteiger partial charge on any atom is 0.261 e. The van der Waals surface area contributed by atoms with Gasteiger partial charge in [0.2, 0.25) is 5.91 Å². The summed E-state index contributed by atoms with van der Waals surface area (Å²) in [7, 11) is -3.85. The fourth-order valence-electron chi connectivity index (χ4n) is 2.60. The van der Waals surface area contributed by atoms with Crippen LogP contribution in [0.5, 0.6) is 0 Å². The molecular weight excluding hydrogens is 504 g/mol. The number of nitrogen functional groups attached to an aromatic ring is 1. The van der Waals surface area contributed by atoms with Crippen LogP contribution in [0.15, 0.2) is 59.5 Å². The molecule has 1 amide bonds. The lowest BCUT2D eigenvalue weighted by Crippen LogP contribution is -2.15. The van der Waals surface area contributed by atoms with Crippen LogP contribution in [0.25, 0.3) is 0 Å². The van der Waals surface area contributed by atoms with E-state index >= 15 is 0 Å². The van der Waals surface area contributed by atoms with Gasteiger partial charge < -0.3 is 11.1 Å². The van der Waals surface area contributed by atoms with E-state index in [-0.39, 0.29) is 43.0 Å².